The number of hydrogen-bond acceptors (Lipinski definition) is 5. The number of thiazole rings is 1. The summed E-state index contributed by atoms with van der Waals surface area (Å²) in [4.78, 5) is 17.4. The molecular weight excluding hydrogens is 418 g/mol. The maximum absolute atomic E-state index is 12.8. The minimum Gasteiger partial charge on any atom is -0.320 e. The fraction of sp³-hybridized carbons (Fsp3) is 0.545. The van der Waals surface area contributed by atoms with Gasteiger partial charge in [0.2, 0.25) is 10.0 Å². The van der Waals surface area contributed by atoms with Gasteiger partial charge in [-0.05, 0) is 36.3 Å². The minimum atomic E-state index is -3.15. The third-order valence-electron chi connectivity index (χ3n) is 5.40. The Bertz CT molecular complexity index is 985. The topological polar surface area (TPSA) is 79.4 Å². The molecule has 1 fully saturated rings. The lowest BCUT2D eigenvalue weighted by atomic mass is 9.86. The summed E-state index contributed by atoms with van der Waals surface area (Å²) < 4.78 is 26.1. The highest BCUT2D eigenvalue weighted by Crippen LogP contribution is 2.32. The van der Waals surface area contributed by atoms with Gasteiger partial charge >= 0.3 is 0 Å². The van der Waals surface area contributed by atoms with Crippen LogP contribution in [0.25, 0.3) is 0 Å². The van der Waals surface area contributed by atoms with Crippen molar-refractivity contribution in [3.63, 3.8) is 0 Å². The highest BCUT2D eigenvalue weighted by atomic mass is 32.2. The molecule has 0 bridgehead atoms. The molecule has 2 aromatic rings. The molecule has 1 aromatic carbocycles. The van der Waals surface area contributed by atoms with E-state index in [1.165, 1.54) is 11.3 Å². The van der Waals surface area contributed by atoms with Crippen molar-refractivity contribution in [1.82, 2.24) is 9.29 Å². The Hall–Kier alpha value is -1.77. The van der Waals surface area contributed by atoms with Crippen molar-refractivity contribution < 1.29 is 13.2 Å². The number of hydrogen-bond donors (Lipinski definition) is 1. The van der Waals surface area contributed by atoms with Crippen molar-refractivity contribution >= 4 is 33.0 Å². The van der Waals surface area contributed by atoms with Crippen LogP contribution in [0.3, 0.4) is 0 Å². The van der Waals surface area contributed by atoms with Crippen molar-refractivity contribution in [3.8, 4) is 0 Å². The summed E-state index contributed by atoms with van der Waals surface area (Å²) in [6.45, 7) is 9.27. The molecular formula is C22H31N3O3S2. The number of piperidine rings is 1. The number of nitrogens with one attached hydrogen (secondary N) is 1. The van der Waals surface area contributed by atoms with Crippen LogP contribution < -0.4 is 5.32 Å². The second kappa shape index (κ2) is 9.16. The van der Waals surface area contributed by atoms with Gasteiger partial charge in [0.25, 0.3) is 5.91 Å². The smallest absolute Gasteiger partial charge is 0.275 e. The summed E-state index contributed by atoms with van der Waals surface area (Å²) >= 11 is 1.48. The predicted molar refractivity (Wildman–Crippen MR) is 123 cm³/mol. The van der Waals surface area contributed by atoms with E-state index in [-0.39, 0.29) is 23.0 Å². The Morgan fingerprint density at radius 3 is 2.53 bits per heavy atom. The van der Waals surface area contributed by atoms with Crippen molar-refractivity contribution in [2.75, 3.05) is 24.2 Å². The van der Waals surface area contributed by atoms with E-state index < -0.39 is 10.0 Å². The Balaban J connectivity index is 1.66. The molecule has 0 radical (unpaired) electrons. The minimum absolute atomic E-state index is 0.0802. The van der Waals surface area contributed by atoms with Gasteiger partial charge in [-0.15, -0.1) is 11.3 Å². The maximum atomic E-state index is 12.8. The average Bonchev–Trinajstić information content (AvgIpc) is 3.18. The van der Waals surface area contributed by atoms with E-state index in [9.17, 15) is 13.2 Å². The number of amides is 1. The number of para-hydroxylation sites is 1. The van der Waals surface area contributed by atoms with Crippen LogP contribution in [-0.4, -0.2) is 42.5 Å². The third kappa shape index (κ3) is 5.28. The van der Waals surface area contributed by atoms with Gasteiger partial charge in [0.05, 0.1) is 10.8 Å². The molecule has 1 N–H and O–H groups in total. The maximum Gasteiger partial charge on any atom is 0.275 e. The number of anilines is 1. The molecule has 0 spiro atoms. The standard InChI is InChI=1S/C22H31N3O3S2/c1-5-14-30(27,28)25-12-10-16(11-13-25)21-24-19(15-29-21)20(26)23-18-9-7-6-8-17(18)22(2,3)4/h6-9,15-16H,5,10-14H2,1-4H3,(H,23,26). The van der Waals surface area contributed by atoms with E-state index in [0.29, 0.717) is 25.2 Å². The molecule has 1 saturated heterocycles. The summed E-state index contributed by atoms with van der Waals surface area (Å²) in [6, 6.07) is 7.84. The molecule has 0 unspecified atom stereocenters. The number of rotatable bonds is 6. The van der Waals surface area contributed by atoms with Gasteiger partial charge in [-0.1, -0.05) is 45.9 Å². The van der Waals surface area contributed by atoms with E-state index >= 15 is 0 Å². The molecule has 164 valence electrons. The van der Waals surface area contributed by atoms with Crippen LogP contribution in [0.1, 0.15) is 73.9 Å². The number of carbonyl (C=O) groups excluding carboxylic acids is 1. The quantitative estimate of drug-likeness (QED) is 0.698. The van der Waals surface area contributed by atoms with Gasteiger partial charge in [0.15, 0.2) is 0 Å². The van der Waals surface area contributed by atoms with E-state index in [1.807, 2.05) is 31.2 Å². The van der Waals surface area contributed by atoms with Crippen molar-refractivity contribution in [2.24, 2.45) is 0 Å². The number of aromatic nitrogens is 1. The Labute approximate surface area is 183 Å². The number of sulfonamides is 1. The Morgan fingerprint density at radius 1 is 1.23 bits per heavy atom. The zero-order valence-electron chi connectivity index (χ0n) is 18.1. The SMILES string of the molecule is CCCS(=O)(=O)N1CCC(c2nc(C(=O)Nc3ccccc3C(C)(C)C)cs2)CC1. The van der Waals surface area contributed by atoms with Crippen molar-refractivity contribution in [2.45, 2.75) is 58.3 Å². The summed E-state index contributed by atoms with van der Waals surface area (Å²) in [5.74, 6) is 0.193. The van der Waals surface area contributed by atoms with E-state index in [2.05, 4.69) is 31.1 Å². The first kappa shape index (κ1) is 22.9. The lowest BCUT2D eigenvalue weighted by Crippen LogP contribution is -2.39. The Kier molecular flexibility index (Phi) is 6.99. The normalized spacial score (nSPS) is 16.5. The van der Waals surface area contributed by atoms with Crippen LogP contribution in [0, 0.1) is 0 Å². The molecule has 2 heterocycles. The van der Waals surface area contributed by atoms with E-state index in [4.69, 9.17) is 0 Å². The molecule has 1 amide bonds. The molecule has 6 nitrogen and oxygen atoms in total. The van der Waals surface area contributed by atoms with E-state index in [1.54, 1.807) is 9.69 Å². The second-order valence-corrected chi connectivity index (χ2v) is 11.8. The molecule has 1 aliphatic heterocycles. The fourth-order valence-corrected chi connectivity index (χ4v) is 6.29. The zero-order valence-corrected chi connectivity index (χ0v) is 19.8. The van der Waals surface area contributed by atoms with Crippen molar-refractivity contribution in [1.29, 1.82) is 0 Å². The van der Waals surface area contributed by atoms with Gasteiger partial charge in [-0.25, -0.2) is 17.7 Å². The number of benzene rings is 1. The highest BCUT2D eigenvalue weighted by molar-refractivity contribution is 7.89. The van der Waals surface area contributed by atoms with Gasteiger partial charge in [0.1, 0.15) is 5.69 Å². The lowest BCUT2D eigenvalue weighted by molar-refractivity contribution is 0.102. The highest BCUT2D eigenvalue weighted by Gasteiger charge is 2.29. The van der Waals surface area contributed by atoms with Gasteiger partial charge in [0, 0.05) is 30.1 Å². The average molecular weight is 450 g/mol. The summed E-state index contributed by atoms with van der Waals surface area (Å²) in [5.41, 5.74) is 2.22. The fourth-order valence-electron chi connectivity index (χ4n) is 3.78. The first-order chi connectivity index (χ1) is 14.1. The van der Waals surface area contributed by atoms with Crippen LogP contribution >= 0.6 is 11.3 Å². The zero-order chi connectivity index (χ0) is 21.9. The van der Waals surface area contributed by atoms with E-state index in [0.717, 1.165) is 29.1 Å². The third-order valence-corrected chi connectivity index (χ3v) is 8.48. The van der Waals surface area contributed by atoms with Crippen LogP contribution in [0.5, 0.6) is 0 Å². The Morgan fingerprint density at radius 2 is 1.90 bits per heavy atom. The molecule has 3 rings (SSSR count). The van der Waals surface area contributed by atoms with Crippen LogP contribution in [0.2, 0.25) is 0 Å². The summed E-state index contributed by atoms with van der Waals surface area (Å²) in [5, 5.41) is 5.72. The van der Waals surface area contributed by atoms with Gasteiger partial charge in [-0.2, -0.15) is 0 Å². The molecule has 1 aromatic heterocycles. The molecule has 0 atom stereocenters. The first-order valence-electron chi connectivity index (χ1n) is 10.5. The number of nitrogens with zero attached hydrogens (tertiary/aromatic N) is 2. The summed E-state index contributed by atoms with van der Waals surface area (Å²) in [6.07, 6.45) is 2.11. The lowest BCUT2D eigenvalue weighted by Gasteiger charge is -2.30. The van der Waals surface area contributed by atoms with Gasteiger partial charge in [-0.3, -0.25) is 4.79 Å². The van der Waals surface area contributed by atoms with Crippen LogP contribution in [0.4, 0.5) is 5.69 Å². The first-order valence-corrected chi connectivity index (χ1v) is 12.9. The largest absolute Gasteiger partial charge is 0.320 e. The van der Waals surface area contributed by atoms with Crippen LogP contribution in [-0.2, 0) is 15.4 Å². The number of carbonyl (C=O) groups is 1. The van der Waals surface area contributed by atoms with Gasteiger partial charge < -0.3 is 5.32 Å². The molecule has 0 aliphatic carbocycles. The summed E-state index contributed by atoms with van der Waals surface area (Å²) in [7, 11) is -3.15. The molecule has 0 saturated carbocycles. The monoisotopic (exact) mass is 449 g/mol. The molecule has 1 aliphatic rings. The van der Waals surface area contributed by atoms with Crippen molar-refractivity contribution in [3.05, 3.63) is 45.9 Å². The molecule has 30 heavy (non-hydrogen) atoms. The predicted octanol–water partition coefficient (Wildman–Crippen LogP) is 4.61. The second-order valence-electron chi connectivity index (χ2n) is 8.81. The van der Waals surface area contributed by atoms with Crippen LogP contribution in [0.15, 0.2) is 29.6 Å². The molecule has 8 heteroatoms.